The van der Waals surface area contributed by atoms with Crippen LogP contribution in [-0.4, -0.2) is 7.11 Å². The Morgan fingerprint density at radius 3 is 2.15 bits per heavy atom. The molecule has 170 valence electrons. The van der Waals surface area contributed by atoms with Gasteiger partial charge in [0, 0.05) is 5.56 Å². The summed E-state index contributed by atoms with van der Waals surface area (Å²) < 4.78 is 48.5. The first kappa shape index (κ1) is 22.9. The zero-order chi connectivity index (χ0) is 23.4. The zero-order valence-electron chi connectivity index (χ0n) is 18.7. The van der Waals surface area contributed by atoms with Crippen LogP contribution < -0.4 is 4.74 Å². The van der Waals surface area contributed by atoms with Gasteiger partial charge in [-0.2, -0.15) is 0 Å². The largest absolute Gasteiger partial charge is 0.494 e. The molecule has 0 aromatic heterocycles. The predicted octanol–water partition coefficient (Wildman–Crippen LogP) is 8.41. The van der Waals surface area contributed by atoms with Crippen LogP contribution in [0.2, 0.25) is 0 Å². The van der Waals surface area contributed by atoms with Gasteiger partial charge in [0.15, 0.2) is 23.2 Å². The van der Waals surface area contributed by atoms with Crippen LogP contribution in [0.5, 0.6) is 5.75 Å². The molecule has 1 aliphatic carbocycles. The average Bonchev–Trinajstić information content (AvgIpc) is 2.85. The molecule has 4 heteroatoms. The van der Waals surface area contributed by atoms with E-state index in [9.17, 15) is 13.2 Å². The molecule has 33 heavy (non-hydrogen) atoms. The minimum atomic E-state index is -0.806. The minimum absolute atomic E-state index is 0.0593. The van der Waals surface area contributed by atoms with Gasteiger partial charge in [-0.05, 0) is 71.9 Å². The maximum absolute atomic E-state index is 14.8. The van der Waals surface area contributed by atoms with Crippen LogP contribution in [-0.2, 0) is 0 Å². The van der Waals surface area contributed by atoms with E-state index in [1.165, 1.54) is 13.2 Å². The first-order valence-electron chi connectivity index (χ1n) is 11.2. The van der Waals surface area contributed by atoms with Crippen molar-refractivity contribution in [3.05, 3.63) is 101 Å². The van der Waals surface area contributed by atoms with Crippen molar-refractivity contribution in [3.8, 4) is 16.9 Å². The molecule has 1 fully saturated rings. The van der Waals surface area contributed by atoms with E-state index in [-0.39, 0.29) is 17.2 Å². The molecule has 0 unspecified atom stereocenters. The Morgan fingerprint density at radius 2 is 1.52 bits per heavy atom. The molecule has 0 amide bonds. The van der Waals surface area contributed by atoms with E-state index in [4.69, 9.17) is 4.74 Å². The van der Waals surface area contributed by atoms with Gasteiger partial charge in [0.25, 0.3) is 0 Å². The quantitative estimate of drug-likeness (QED) is 0.272. The van der Waals surface area contributed by atoms with Crippen LogP contribution in [0, 0.1) is 23.4 Å². The van der Waals surface area contributed by atoms with Gasteiger partial charge in [0.05, 0.1) is 7.11 Å². The second kappa shape index (κ2) is 10.1. The van der Waals surface area contributed by atoms with E-state index in [1.54, 1.807) is 36.4 Å². The number of benzene rings is 3. The SMILES string of the molecule is C=CC1CCC(c2ccc(/C=C/c3ccc(-c4ccc(OC)c(F)c4)cc3)c(F)c2F)CC1. The fraction of sp³-hybridized carbons (Fsp3) is 0.241. The molecule has 1 nitrogen and oxygen atoms in total. The van der Waals surface area contributed by atoms with E-state index >= 15 is 0 Å². The monoisotopic (exact) mass is 448 g/mol. The molecule has 3 aromatic carbocycles. The summed E-state index contributed by atoms with van der Waals surface area (Å²) in [6.07, 6.45) is 8.93. The molecule has 0 saturated heterocycles. The summed E-state index contributed by atoms with van der Waals surface area (Å²) in [6.45, 7) is 3.84. The first-order valence-corrected chi connectivity index (χ1v) is 11.2. The number of ether oxygens (including phenoxy) is 1. The highest BCUT2D eigenvalue weighted by atomic mass is 19.2. The maximum Gasteiger partial charge on any atom is 0.166 e. The Labute approximate surface area is 193 Å². The standard InChI is InChI=1S/C29H27F3O/c1-3-19-4-11-22(12-5-19)25-16-14-23(28(31)29(25)32)13-8-20-6-9-21(10-7-20)24-15-17-27(33-2)26(30)18-24/h3,6-10,13-19,22H,1,4-5,11-12H2,2H3/b13-8+. The van der Waals surface area contributed by atoms with E-state index in [0.717, 1.165) is 42.4 Å². The smallest absolute Gasteiger partial charge is 0.166 e. The molecule has 0 bridgehead atoms. The van der Waals surface area contributed by atoms with Crippen molar-refractivity contribution < 1.29 is 17.9 Å². The number of methoxy groups -OCH3 is 1. The number of rotatable bonds is 6. The second-order valence-corrected chi connectivity index (χ2v) is 8.52. The second-order valence-electron chi connectivity index (χ2n) is 8.52. The van der Waals surface area contributed by atoms with Gasteiger partial charge in [0.2, 0.25) is 0 Å². The molecular weight excluding hydrogens is 421 g/mol. The molecular formula is C29H27F3O. The van der Waals surface area contributed by atoms with Crippen LogP contribution >= 0.6 is 0 Å². The Morgan fingerprint density at radius 1 is 0.818 bits per heavy atom. The van der Waals surface area contributed by atoms with Crippen molar-refractivity contribution in [2.24, 2.45) is 5.92 Å². The van der Waals surface area contributed by atoms with Crippen LogP contribution in [0.4, 0.5) is 13.2 Å². The van der Waals surface area contributed by atoms with E-state index < -0.39 is 17.5 Å². The van der Waals surface area contributed by atoms with Crippen molar-refractivity contribution >= 4 is 12.2 Å². The molecule has 0 spiro atoms. The van der Waals surface area contributed by atoms with Gasteiger partial charge in [-0.25, -0.2) is 13.2 Å². The van der Waals surface area contributed by atoms with Crippen molar-refractivity contribution in [2.45, 2.75) is 31.6 Å². The Balaban J connectivity index is 1.48. The van der Waals surface area contributed by atoms with Crippen LogP contribution in [0.25, 0.3) is 23.3 Å². The maximum atomic E-state index is 14.8. The van der Waals surface area contributed by atoms with Gasteiger partial charge in [0.1, 0.15) is 0 Å². The van der Waals surface area contributed by atoms with E-state index in [1.807, 2.05) is 30.3 Å². The molecule has 0 heterocycles. The Kier molecular flexibility index (Phi) is 7.02. The topological polar surface area (TPSA) is 9.23 Å². The number of hydrogen-bond donors (Lipinski definition) is 0. The van der Waals surface area contributed by atoms with Gasteiger partial charge >= 0.3 is 0 Å². The molecule has 1 aliphatic rings. The molecule has 4 rings (SSSR count). The van der Waals surface area contributed by atoms with E-state index in [2.05, 4.69) is 6.58 Å². The molecule has 0 radical (unpaired) electrons. The third kappa shape index (κ3) is 5.05. The van der Waals surface area contributed by atoms with Gasteiger partial charge < -0.3 is 4.74 Å². The molecule has 0 aliphatic heterocycles. The summed E-state index contributed by atoms with van der Waals surface area (Å²) in [4.78, 5) is 0. The van der Waals surface area contributed by atoms with E-state index in [0.29, 0.717) is 11.5 Å². The highest BCUT2D eigenvalue weighted by molar-refractivity contribution is 5.72. The van der Waals surface area contributed by atoms with Gasteiger partial charge in [-0.15, -0.1) is 6.58 Å². The minimum Gasteiger partial charge on any atom is -0.494 e. The Bertz CT molecular complexity index is 1160. The normalized spacial score (nSPS) is 18.4. The van der Waals surface area contributed by atoms with Gasteiger partial charge in [-0.1, -0.05) is 60.7 Å². The molecule has 0 N–H and O–H groups in total. The lowest BCUT2D eigenvalue weighted by Crippen LogP contribution is -2.13. The summed E-state index contributed by atoms with van der Waals surface area (Å²) in [5.74, 6) is -1.23. The fourth-order valence-corrected chi connectivity index (χ4v) is 4.51. The summed E-state index contributed by atoms with van der Waals surface area (Å²) in [5, 5.41) is 0. The third-order valence-corrected chi connectivity index (χ3v) is 6.54. The summed E-state index contributed by atoms with van der Waals surface area (Å²) >= 11 is 0. The molecule has 1 saturated carbocycles. The van der Waals surface area contributed by atoms with Crippen LogP contribution in [0.15, 0.2) is 67.3 Å². The van der Waals surface area contributed by atoms with Crippen molar-refractivity contribution in [2.75, 3.05) is 7.11 Å². The molecule has 0 atom stereocenters. The number of allylic oxidation sites excluding steroid dienone is 1. The molecule has 3 aromatic rings. The van der Waals surface area contributed by atoms with Crippen molar-refractivity contribution in [3.63, 3.8) is 0 Å². The first-order chi connectivity index (χ1) is 16.0. The van der Waals surface area contributed by atoms with Crippen molar-refractivity contribution in [1.82, 2.24) is 0 Å². The van der Waals surface area contributed by atoms with Gasteiger partial charge in [-0.3, -0.25) is 0 Å². The van der Waals surface area contributed by atoms with Crippen molar-refractivity contribution in [1.29, 1.82) is 0 Å². The number of halogens is 3. The van der Waals surface area contributed by atoms with Crippen LogP contribution in [0.1, 0.15) is 48.3 Å². The lowest BCUT2D eigenvalue weighted by Gasteiger charge is -2.27. The summed E-state index contributed by atoms with van der Waals surface area (Å²) in [5.41, 5.74) is 3.11. The van der Waals surface area contributed by atoms with Crippen LogP contribution in [0.3, 0.4) is 0 Å². The summed E-state index contributed by atoms with van der Waals surface area (Å²) in [7, 11) is 1.43. The summed E-state index contributed by atoms with van der Waals surface area (Å²) in [6, 6.07) is 15.6. The fourth-order valence-electron chi connectivity index (χ4n) is 4.51. The zero-order valence-corrected chi connectivity index (χ0v) is 18.7. The highest BCUT2D eigenvalue weighted by Gasteiger charge is 2.24. The lowest BCUT2D eigenvalue weighted by atomic mass is 9.78. The number of hydrogen-bond acceptors (Lipinski definition) is 1. The third-order valence-electron chi connectivity index (χ3n) is 6.54. The average molecular weight is 449 g/mol. The lowest BCUT2D eigenvalue weighted by molar-refractivity contribution is 0.364. The predicted molar refractivity (Wildman–Crippen MR) is 129 cm³/mol. The highest BCUT2D eigenvalue weighted by Crippen LogP contribution is 2.38. The Hall–Kier alpha value is -3.27.